The van der Waals surface area contributed by atoms with Gasteiger partial charge in [0.15, 0.2) is 0 Å². The Morgan fingerprint density at radius 3 is 2.67 bits per heavy atom. The van der Waals surface area contributed by atoms with Crippen LogP contribution in [0.15, 0.2) is 0 Å². The van der Waals surface area contributed by atoms with Crippen molar-refractivity contribution in [1.29, 1.82) is 0 Å². The molecule has 3 fully saturated rings. The van der Waals surface area contributed by atoms with Crippen molar-refractivity contribution in [3.63, 3.8) is 0 Å². The normalized spacial score (nSPS) is 43.8. The van der Waals surface area contributed by atoms with Crippen LogP contribution in [0.1, 0.15) is 33.1 Å². The van der Waals surface area contributed by atoms with Gasteiger partial charge in [0.1, 0.15) is 5.50 Å². The van der Waals surface area contributed by atoms with Gasteiger partial charge in [0.2, 0.25) is 0 Å². The van der Waals surface area contributed by atoms with Gasteiger partial charge in [-0.2, -0.15) is 0 Å². The van der Waals surface area contributed by atoms with Gasteiger partial charge in [-0.05, 0) is 39.0 Å². The molecular formula is C18H34N2O3S. The second kappa shape index (κ2) is 8.69. The standard InChI is InChI=1S/C18H34N2O3S/c1-5-23-11-14-12(2)19-18-20(8-9-24-18)17(14)13-6-7-15(21-3)16(10-13)22-4/h12-19H,5-11H2,1-4H3. The molecule has 1 saturated carbocycles. The predicted octanol–water partition coefficient (Wildman–Crippen LogP) is 2.16. The molecule has 0 radical (unpaired) electrons. The molecule has 0 aromatic carbocycles. The molecule has 140 valence electrons. The third-order valence-corrected chi connectivity index (χ3v) is 7.31. The number of thioether (sulfide) groups is 1. The number of methoxy groups -OCH3 is 2. The van der Waals surface area contributed by atoms with Gasteiger partial charge in [-0.15, -0.1) is 11.8 Å². The molecule has 0 amide bonds. The van der Waals surface area contributed by atoms with Crippen LogP contribution in [0.25, 0.3) is 0 Å². The van der Waals surface area contributed by atoms with E-state index >= 15 is 0 Å². The summed E-state index contributed by atoms with van der Waals surface area (Å²) in [7, 11) is 3.64. The molecule has 2 heterocycles. The highest BCUT2D eigenvalue weighted by atomic mass is 32.2. The number of hydrogen-bond donors (Lipinski definition) is 1. The fraction of sp³-hybridized carbons (Fsp3) is 1.00. The van der Waals surface area contributed by atoms with E-state index in [0.717, 1.165) is 26.1 Å². The fourth-order valence-corrected chi connectivity index (χ4v) is 6.19. The van der Waals surface area contributed by atoms with E-state index in [0.29, 0.717) is 29.4 Å². The maximum atomic E-state index is 5.88. The quantitative estimate of drug-likeness (QED) is 0.785. The maximum Gasteiger partial charge on any atom is 0.109 e. The number of ether oxygens (including phenoxy) is 3. The second-order valence-corrected chi connectivity index (χ2v) is 8.54. The lowest BCUT2D eigenvalue weighted by molar-refractivity contribution is -0.0979. The lowest BCUT2D eigenvalue weighted by Gasteiger charge is -2.51. The zero-order valence-corrected chi connectivity index (χ0v) is 16.4. The lowest BCUT2D eigenvalue weighted by Crippen LogP contribution is -2.65. The van der Waals surface area contributed by atoms with Gasteiger partial charge >= 0.3 is 0 Å². The van der Waals surface area contributed by atoms with Crippen molar-refractivity contribution in [3.05, 3.63) is 0 Å². The van der Waals surface area contributed by atoms with Crippen LogP contribution in [0.2, 0.25) is 0 Å². The smallest absolute Gasteiger partial charge is 0.109 e. The number of nitrogens with one attached hydrogen (secondary N) is 1. The molecule has 0 bridgehead atoms. The molecule has 7 unspecified atom stereocenters. The Morgan fingerprint density at radius 1 is 1.17 bits per heavy atom. The third-order valence-electron chi connectivity index (χ3n) is 6.17. The van der Waals surface area contributed by atoms with E-state index in [-0.39, 0.29) is 12.2 Å². The monoisotopic (exact) mass is 358 g/mol. The average Bonchev–Trinajstić information content (AvgIpc) is 3.06. The third kappa shape index (κ3) is 3.79. The summed E-state index contributed by atoms with van der Waals surface area (Å²) < 4.78 is 17.3. The fourth-order valence-electron chi connectivity index (χ4n) is 4.90. The van der Waals surface area contributed by atoms with E-state index in [1.807, 2.05) is 14.2 Å². The minimum absolute atomic E-state index is 0.223. The molecule has 24 heavy (non-hydrogen) atoms. The van der Waals surface area contributed by atoms with E-state index in [1.165, 1.54) is 18.7 Å². The molecule has 1 aliphatic carbocycles. The summed E-state index contributed by atoms with van der Waals surface area (Å²) in [6.07, 6.45) is 3.90. The van der Waals surface area contributed by atoms with Crippen molar-refractivity contribution in [2.45, 2.75) is 62.9 Å². The molecule has 2 aliphatic heterocycles. The van der Waals surface area contributed by atoms with E-state index in [2.05, 4.69) is 35.8 Å². The molecule has 1 N–H and O–H groups in total. The van der Waals surface area contributed by atoms with Crippen LogP contribution in [0.5, 0.6) is 0 Å². The number of rotatable bonds is 6. The van der Waals surface area contributed by atoms with Crippen molar-refractivity contribution in [2.24, 2.45) is 11.8 Å². The Hall–Kier alpha value is 0.150. The molecule has 6 heteroatoms. The molecule has 0 aromatic heterocycles. The highest BCUT2D eigenvalue weighted by Crippen LogP contribution is 2.41. The molecule has 2 saturated heterocycles. The van der Waals surface area contributed by atoms with Crippen LogP contribution in [0.4, 0.5) is 0 Å². The minimum Gasteiger partial charge on any atom is -0.381 e. The minimum atomic E-state index is 0.223. The summed E-state index contributed by atoms with van der Waals surface area (Å²) in [5, 5.41) is 3.80. The van der Waals surface area contributed by atoms with Crippen LogP contribution in [-0.4, -0.2) is 74.4 Å². The molecule has 5 nitrogen and oxygen atoms in total. The summed E-state index contributed by atoms with van der Waals surface area (Å²) in [5.41, 5.74) is 0.476. The van der Waals surface area contributed by atoms with Crippen molar-refractivity contribution in [2.75, 3.05) is 39.7 Å². The summed E-state index contributed by atoms with van der Waals surface area (Å²) in [6.45, 7) is 7.26. The van der Waals surface area contributed by atoms with Gasteiger partial charge in [-0.25, -0.2) is 0 Å². The first-order valence-electron chi connectivity index (χ1n) is 9.46. The first kappa shape index (κ1) is 18.9. The van der Waals surface area contributed by atoms with Crippen molar-refractivity contribution >= 4 is 11.8 Å². The average molecular weight is 359 g/mol. The van der Waals surface area contributed by atoms with Crippen LogP contribution in [-0.2, 0) is 14.2 Å². The topological polar surface area (TPSA) is 43.0 Å². The molecule has 3 rings (SSSR count). The molecular weight excluding hydrogens is 324 g/mol. The molecule has 0 aromatic rings. The van der Waals surface area contributed by atoms with Gasteiger partial charge in [-0.1, -0.05) is 0 Å². The summed E-state index contributed by atoms with van der Waals surface area (Å²) >= 11 is 2.05. The second-order valence-electron chi connectivity index (χ2n) is 7.35. The highest BCUT2D eigenvalue weighted by Gasteiger charge is 2.48. The first-order chi connectivity index (χ1) is 11.7. The van der Waals surface area contributed by atoms with Crippen LogP contribution in [0.3, 0.4) is 0 Å². The Kier molecular flexibility index (Phi) is 6.85. The summed E-state index contributed by atoms with van der Waals surface area (Å²) in [4.78, 5) is 2.71. The van der Waals surface area contributed by atoms with Crippen LogP contribution in [0, 0.1) is 11.8 Å². The van der Waals surface area contributed by atoms with E-state index in [9.17, 15) is 0 Å². The van der Waals surface area contributed by atoms with Crippen molar-refractivity contribution in [1.82, 2.24) is 10.2 Å². The van der Waals surface area contributed by atoms with E-state index in [4.69, 9.17) is 14.2 Å². The Labute approximate surface area is 151 Å². The summed E-state index contributed by atoms with van der Waals surface area (Å²) in [5.74, 6) is 2.43. The van der Waals surface area contributed by atoms with Crippen LogP contribution < -0.4 is 5.32 Å². The SMILES string of the molecule is CCOCC1C(C)NC2SCCN2C1C1CCC(OC)C(OC)C1. The molecule has 3 aliphatic rings. The van der Waals surface area contributed by atoms with E-state index in [1.54, 1.807) is 0 Å². The summed E-state index contributed by atoms with van der Waals surface area (Å²) in [6, 6.07) is 1.08. The Bertz CT molecular complexity index is 400. The maximum absolute atomic E-state index is 5.88. The van der Waals surface area contributed by atoms with Gasteiger partial charge in [-0.3, -0.25) is 10.2 Å². The van der Waals surface area contributed by atoms with Gasteiger partial charge in [0.25, 0.3) is 0 Å². The van der Waals surface area contributed by atoms with Gasteiger partial charge < -0.3 is 14.2 Å². The zero-order chi connectivity index (χ0) is 17.1. The van der Waals surface area contributed by atoms with Crippen molar-refractivity contribution < 1.29 is 14.2 Å². The first-order valence-corrected chi connectivity index (χ1v) is 10.5. The highest BCUT2D eigenvalue weighted by molar-refractivity contribution is 8.00. The number of fused-ring (bicyclic) bond motifs is 1. The number of hydrogen-bond acceptors (Lipinski definition) is 6. The lowest BCUT2D eigenvalue weighted by atomic mass is 9.73. The number of nitrogens with zero attached hydrogens (tertiary/aromatic N) is 1. The molecule has 0 spiro atoms. The van der Waals surface area contributed by atoms with Crippen molar-refractivity contribution in [3.8, 4) is 0 Å². The predicted molar refractivity (Wildman–Crippen MR) is 98.3 cm³/mol. The zero-order valence-electron chi connectivity index (χ0n) is 15.6. The van der Waals surface area contributed by atoms with E-state index < -0.39 is 0 Å². The van der Waals surface area contributed by atoms with Gasteiger partial charge in [0, 0.05) is 51.1 Å². The Balaban J connectivity index is 1.77. The van der Waals surface area contributed by atoms with Gasteiger partial charge in [0.05, 0.1) is 18.8 Å². The van der Waals surface area contributed by atoms with Crippen LogP contribution >= 0.6 is 11.8 Å². The molecule has 7 atom stereocenters. The largest absolute Gasteiger partial charge is 0.381 e. The Morgan fingerprint density at radius 2 is 1.96 bits per heavy atom.